The van der Waals surface area contributed by atoms with Gasteiger partial charge in [0.25, 0.3) is 5.56 Å². The van der Waals surface area contributed by atoms with E-state index in [1.807, 2.05) is 25.1 Å². The van der Waals surface area contributed by atoms with Crippen LogP contribution in [0.2, 0.25) is 0 Å². The molecule has 0 spiro atoms. The number of aryl methyl sites for hydroxylation is 1. The predicted octanol–water partition coefficient (Wildman–Crippen LogP) is 3.25. The lowest BCUT2D eigenvalue weighted by Gasteiger charge is -2.09. The molecule has 0 saturated carbocycles. The summed E-state index contributed by atoms with van der Waals surface area (Å²) in [6.07, 6.45) is 0.866. The first-order valence-electron chi connectivity index (χ1n) is 8.28. The Morgan fingerprint density at radius 2 is 1.88 bits per heavy atom. The molecule has 2 aromatic carbocycles. The van der Waals surface area contributed by atoms with E-state index in [0.717, 1.165) is 16.7 Å². The van der Waals surface area contributed by atoms with Gasteiger partial charge in [0.05, 0.1) is 5.69 Å². The van der Waals surface area contributed by atoms with E-state index in [1.54, 1.807) is 24.3 Å². The average molecular weight is 351 g/mol. The van der Waals surface area contributed by atoms with Crippen LogP contribution in [0.3, 0.4) is 0 Å². The maximum Gasteiger partial charge on any atom is 0.267 e. The number of hydrogen-bond acceptors (Lipinski definition) is 3. The van der Waals surface area contributed by atoms with E-state index in [4.69, 9.17) is 0 Å². The average Bonchev–Trinajstić information content (AvgIpc) is 2.64. The van der Waals surface area contributed by atoms with Gasteiger partial charge in [0.15, 0.2) is 0 Å². The Morgan fingerprint density at radius 3 is 2.62 bits per heavy atom. The molecule has 3 aromatic rings. The third kappa shape index (κ3) is 4.22. The van der Waals surface area contributed by atoms with Crippen LogP contribution in [-0.4, -0.2) is 15.7 Å². The van der Waals surface area contributed by atoms with Crippen molar-refractivity contribution in [2.24, 2.45) is 0 Å². The molecule has 1 heterocycles. The van der Waals surface area contributed by atoms with Gasteiger partial charge < -0.3 is 5.32 Å². The number of benzene rings is 2. The fourth-order valence-electron chi connectivity index (χ4n) is 2.54. The van der Waals surface area contributed by atoms with Crippen LogP contribution in [0.1, 0.15) is 12.5 Å². The van der Waals surface area contributed by atoms with Gasteiger partial charge in [-0.05, 0) is 54.4 Å². The Hall–Kier alpha value is -3.28. The summed E-state index contributed by atoms with van der Waals surface area (Å²) >= 11 is 0. The molecular formula is C20H18FN3O2. The SMILES string of the molecule is CCc1cccc(NC(=O)Cn2nc(-c3ccc(F)cc3)ccc2=O)c1. The lowest BCUT2D eigenvalue weighted by molar-refractivity contribution is -0.117. The molecule has 3 rings (SSSR count). The number of anilines is 1. The van der Waals surface area contributed by atoms with Gasteiger partial charge in [0.2, 0.25) is 5.91 Å². The molecule has 0 aliphatic carbocycles. The molecule has 0 fully saturated rings. The van der Waals surface area contributed by atoms with E-state index in [2.05, 4.69) is 10.4 Å². The van der Waals surface area contributed by atoms with E-state index in [9.17, 15) is 14.0 Å². The maximum atomic E-state index is 13.1. The molecule has 0 aliphatic rings. The molecule has 0 unspecified atom stereocenters. The minimum absolute atomic E-state index is 0.204. The summed E-state index contributed by atoms with van der Waals surface area (Å²) in [6, 6.07) is 16.2. The van der Waals surface area contributed by atoms with Crippen molar-refractivity contribution in [3.63, 3.8) is 0 Å². The summed E-state index contributed by atoms with van der Waals surface area (Å²) in [4.78, 5) is 24.3. The maximum absolute atomic E-state index is 13.1. The molecule has 1 amide bonds. The highest BCUT2D eigenvalue weighted by molar-refractivity contribution is 5.90. The fraction of sp³-hybridized carbons (Fsp3) is 0.150. The van der Waals surface area contributed by atoms with E-state index >= 15 is 0 Å². The van der Waals surface area contributed by atoms with Gasteiger partial charge in [-0.1, -0.05) is 19.1 Å². The lowest BCUT2D eigenvalue weighted by Crippen LogP contribution is -2.29. The first-order chi connectivity index (χ1) is 12.5. The summed E-state index contributed by atoms with van der Waals surface area (Å²) in [5, 5.41) is 6.98. The van der Waals surface area contributed by atoms with Crippen molar-refractivity contribution in [3.05, 3.63) is 82.4 Å². The van der Waals surface area contributed by atoms with Gasteiger partial charge in [0.1, 0.15) is 12.4 Å². The Morgan fingerprint density at radius 1 is 1.12 bits per heavy atom. The standard InChI is InChI=1S/C20H18FN3O2/c1-2-14-4-3-5-17(12-14)22-19(25)13-24-20(26)11-10-18(23-24)15-6-8-16(21)9-7-15/h3-12H,2,13H2,1H3,(H,22,25). The Labute approximate surface area is 150 Å². The third-order valence-corrected chi connectivity index (χ3v) is 3.92. The van der Waals surface area contributed by atoms with Gasteiger partial charge in [-0.25, -0.2) is 9.07 Å². The number of aromatic nitrogens is 2. The topological polar surface area (TPSA) is 64.0 Å². The van der Waals surface area contributed by atoms with Crippen molar-refractivity contribution in [1.29, 1.82) is 0 Å². The molecule has 0 atom stereocenters. The first kappa shape index (κ1) is 17.5. The Kier molecular flexibility index (Phi) is 5.22. The monoisotopic (exact) mass is 351 g/mol. The Balaban J connectivity index is 1.78. The summed E-state index contributed by atoms with van der Waals surface area (Å²) in [5.41, 5.74) is 2.56. The van der Waals surface area contributed by atoms with Gasteiger partial charge in [-0.3, -0.25) is 9.59 Å². The quantitative estimate of drug-likeness (QED) is 0.767. The van der Waals surface area contributed by atoms with Crippen LogP contribution in [0, 0.1) is 5.82 Å². The van der Waals surface area contributed by atoms with E-state index in [1.165, 1.54) is 18.2 Å². The second-order valence-corrected chi connectivity index (χ2v) is 5.82. The van der Waals surface area contributed by atoms with Crippen molar-refractivity contribution in [1.82, 2.24) is 9.78 Å². The van der Waals surface area contributed by atoms with Crippen molar-refractivity contribution in [2.45, 2.75) is 19.9 Å². The zero-order valence-corrected chi connectivity index (χ0v) is 14.3. The zero-order valence-electron chi connectivity index (χ0n) is 14.3. The summed E-state index contributed by atoms with van der Waals surface area (Å²) in [7, 11) is 0. The smallest absolute Gasteiger partial charge is 0.267 e. The van der Waals surface area contributed by atoms with E-state index < -0.39 is 0 Å². The van der Waals surface area contributed by atoms with E-state index in [-0.39, 0.29) is 23.8 Å². The molecule has 6 heteroatoms. The van der Waals surface area contributed by atoms with Gasteiger partial charge in [-0.2, -0.15) is 5.10 Å². The molecule has 0 radical (unpaired) electrons. The minimum atomic E-state index is -0.381. The Bertz CT molecular complexity index is 981. The summed E-state index contributed by atoms with van der Waals surface area (Å²) in [5.74, 6) is -0.695. The molecule has 5 nitrogen and oxygen atoms in total. The predicted molar refractivity (Wildman–Crippen MR) is 98.3 cm³/mol. The molecule has 0 aliphatic heterocycles. The van der Waals surface area contributed by atoms with Crippen LogP contribution in [0.5, 0.6) is 0 Å². The van der Waals surface area contributed by atoms with Crippen molar-refractivity contribution >= 4 is 11.6 Å². The number of amides is 1. The lowest BCUT2D eigenvalue weighted by atomic mass is 10.1. The summed E-state index contributed by atoms with van der Waals surface area (Å²) in [6.45, 7) is 1.83. The normalized spacial score (nSPS) is 10.5. The first-order valence-corrected chi connectivity index (χ1v) is 8.28. The molecule has 0 saturated heterocycles. The minimum Gasteiger partial charge on any atom is -0.324 e. The van der Waals surface area contributed by atoms with Crippen LogP contribution < -0.4 is 10.9 Å². The van der Waals surface area contributed by atoms with Crippen LogP contribution in [0.4, 0.5) is 10.1 Å². The second-order valence-electron chi connectivity index (χ2n) is 5.82. The third-order valence-electron chi connectivity index (χ3n) is 3.92. The number of hydrogen-bond donors (Lipinski definition) is 1. The van der Waals surface area contributed by atoms with E-state index in [0.29, 0.717) is 16.9 Å². The zero-order chi connectivity index (χ0) is 18.5. The molecule has 0 bridgehead atoms. The number of nitrogens with zero attached hydrogens (tertiary/aromatic N) is 2. The fourth-order valence-corrected chi connectivity index (χ4v) is 2.54. The van der Waals surface area contributed by atoms with Crippen LogP contribution in [0.25, 0.3) is 11.3 Å². The largest absolute Gasteiger partial charge is 0.324 e. The molecular weight excluding hydrogens is 333 g/mol. The van der Waals surface area contributed by atoms with Crippen molar-refractivity contribution < 1.29 is 9.18 Å². The summed E-state index contributed by atoms with van der Waals surface area (Å²) < 4.78 is 14.1. The number of carbonyl (C=O) groups excluding carboxylic acids is 1. The number of nitrogens with one attached hydrogen (secondary N) is 1. The molecule has 26 heavy (non-hydrogen) atoms. The molecule has 1 N–H and O–H groups in total. The van der Waals surface area contributed by atoms with Crippen molar-refractivity contribution in [2.75, 3.05) is 5.32 Å². The number of carbonyl (C=O) groups is 1. The highest BCUT2D eigenvalue weighted by Gasteiger charge is 2.09. The molecule has 1 aromatic heterocycles. The number of rotatable bonds is 5. The second kappa shape index (κ2) is 7.74. The highest BCUT2D eigenvalue weighted by atomic mass is 19.1. The van der Waals surface area contributed by atoms with Gasteiger partial charge in [-0.15, -0.1) is 0 Å². The van der Waals surface area contributed by atoms with Crippen LogP contribution >= 0.6 is 0 Å². The highest BCUT2D eigenvalue weighted by Crippen LogP contribution is 2.15. The van der Waals surface area contributed by atoms with Crippen LogP contribution in [0.15, 0.2) is 65.5 Å². The van der Waals surface area contributed by atoms with Gasteiger partial charge in [0, 0.05) is 17.3 Å². The van der Waals surface area contributed by atoms with Gasteiger partial charge >= 0.3 is 0 Å². The number of halogens is 1. The molecule has 132 valence electrons. The van der Waals surface area contributed by atoms with Crippen LogP contribution in [-0.2, 0) is 17.8 Å². The van der Waals surface area contributed by atoms with Crippen molar-refractivity contribution in [3.8, 4) is 11.3 Å².